The first-order valence-electron chi connectivity index (χ1n) is 4.52. The van der Waals surface area contributed by atoms with E-state index in [-0.39, 0.29) is 22.2 Å². The second-order valence-electron chi connectivity index (χ2n) is 3.37. The molecule has 7 heteroatoms. The summed E-state index contributed by atoms with van der Waals surface area (Å²) in [6.07, 6.45) is 0. The Hall–Kier alpha value is -1.11. The number of amides is 1. The van der Waals surface area contributed by atoms with Crippen LogP contribution < -0.4 is 11.1 Å². The Labute approximate surface area is 97.5 Å². The molecule has 0 fully saturated rings. The highest BCUT2D eigenvalue weighted by Crippen LogP contribution is 2.35. The lowest BCUT2D eigenvalue weighted by molar-refractivity contribution is -0.115. The van der Waals surface area contributed by atoms with Crippen LogP contribution in [0.1, 0.15) is 0 Å². The Morgan fingerprint density at radius 2 is 2.12 bits per heavy atom. The van der Waals surface area contributed by atoms with Crippen molar-refractivity contribution < 1.29 is 13.2 Å². The Morgan fingerprint density at radius 3 is 2.75 bits per heavy atom. The summed E-state index contributed by atoms with van der Waals surface area (Å²) in [6, 6.07) is 4.43. The predicted molar refractivity (Wildman–Crippen MR) is 60.1 cm³/mol. The molecule has 16 heavy (non-hydrogen) atoms. The van der Waals surface area contributed by atoms with Crippen LogP contribution in [0, 0.1) is 0 Å². The van der Waals surface area contributed by atoms with Gasteiger partial charge in [0.15, 0.2) is 15.1 Å². The lowest BCUT2D eigenvalue weighted by Gasteiger charge is -2.24. The van der Waals surface area contributed by atoms with Crippen LogP contribution in [-0.2, 0) is 14.6 Å². The fourth-order valence-corrected chi connectivity index (χ4v) is 3.49. The molecule has 0 aliphatic carbocycles. The lowest BCUT2D eigenvalue weighted by Crippen LogP contribution is -2.44. The monoisotopic (exact) mass is 260 g/mol. The molecule has 86 valence electrons. The number of nitrogens with two attached hydrogens (primary N) is 1. The van der Waals surface area contributed by atoms with Crippen LogP contribution >= 0.6 is 11.6 Å². The fraction of sp³-hybridized carbons (Fsp3) is 0.222. The van der Waals surface area contributed by atoms with Gasteiger partial charge < -0.3 is 11.1 Å². The minimum atomic E-state index is -3.73. The van der Waals surface area contributed by atoms with Crippen molar-refractivity contribution in [1.82, 2.24) is 0 Å². The number of carbonyl (C=O) groups excluding carboxylic acids is 1. The quantitative estimate of drug-likeness (QED) is 0.765. The molecule has 1 atom stereocenters. The van der Waals surface area contributed by atoms with E-state index in [1.54, 1.807) is 0 Å². The normalized spacial score (nSPS) is 22.4. The van der Waals surface area contributed by atoms with Crippen molar-refractivity contribution in [3.63, 3.8) is 0 Å². The Balaban J connectivity index is 2.72. The van der Waals surface area contributed by atoms with Gasteiger partial charge in [0.25, 0.3) is 0 Å². The van der Waals surface area contributed by atoms with Gasteiger partial charge in [-0.1, -0.05) is 17.7 Å². The largest absolute Gasteiger partial charge is 0.329 e. The number of hydrogen-bond acceptors (Lipinski definition) is 4. The van der Waals surface area contributed by atoms with Gasteiger partial charge in [-0.15, -0.1) is 0 Å². The molecule has 0 radical (unpaired) electrons. The fourth-order valence-electron chi connectivity index (χ4n) is 1.59. The summed E-state index contributed by atoms with van der Waals surface area (Å²) >= 11 is 5.82. The molecule has 0 aromatic heterocycles. The number of hydrogen-bond donors (Lipinski definition) is 2. The zero-order valence-electron chi connectivity index (χ0n) is 8.10. The van der Waals surface area contributed by atoms with Crippen molar-refractivity contribution in [2.24, 2.45) is 5.73 Å². The number of benzene rings is 1. The van der Waals surface area contributed by atoms with Crippen LogP contribution in [0.25, 0.3) is 0 Å². The maximum atomic E-state index is 12.0. The van der Waals surface area contributed by atoms with Gasteiger partial charge >= 0.3 is 0 Å². The van der Waals surface area contributed by atoms with E-state index < -0.39 is 21.0 Å². The van der Waals surface area contributed by atoms with Crippen molar-refractivity contribution in [2.45, 2.75) is 10.1 Å². The molecule has 1 heterocycles. The van der Waals surface area contributed by atoms with Crippen LogP contribution in [-0.4, -0.2) is 26.1 Å². The van der Waals surface area contributed by atoms with Crippen molar-refractivity contribution >= 4 is 33.0 Å². The molecule has 2 rings (SSSR count). The van der Waals surface area contributed by atoms with Crippen molar-refractivity contribution in [2.75, 3.05) is 11.9 Å². The van der Waals surface area contributed by atoms with E-state index in [1.165, 1.54) is 18.2 Å². The second-order valence-corrected chi connectivity index (χ2v) is 5.88. The van der Waals surface area contributed by atoms with Gasteiger partial charge in [0.1, 0.15) is 0 Å². The van der Waals surface area contributed by atoms with Crippen LogP contribution in [0.2, 0.25) is 5.02 Å². The van der Waals surface area contributed by atoms with Gasteiger partial charge in [-0.2, -0.15) is 0 Å². The number of para-hydroxylation sites is 1. The molecular formula is C9H9ClN2O3S. The average Bonchev–Trinajstić information content (AvgIpc) is 2.20. The predicted octanol–water partition coefficient (Wildman–Crippen LogP) is 0.393. The highest BCUT2D eigenvalue weighted by Gasteiger charge is 2.39. The molecule has 3 N–H and O–H groups in total. The highest BCUT2D eigenvalue weighted by molar-refractivity contribution is 7.93. The highest BCUT2D eigenvalue weighted by atomic mass is 35.5. The molecule has 1 aliphatic heterocycles. The first-order valence-corrected chi connectivity index (χ1v) is 6.44. The number of halogens is 1. The molecular weight excluding hydrogens is 252 g/mol. The topological polar surface area (TPSA) is 89.3 Å². The zero-order chi connectivity index (χ0) is 11.9. The van der Waals surface area contributed by atoms with Gasteiger partial charge in [-0.05, 0) is 12.1 Å². The van der Waals surface area contributed by atoms with E-state index >= 15 is 0 Å². The summed E-state index contributed by atoms with van der Waals surface area (Å²) in [5.41, 5.74) is 5.43. The summed E-state index contributed by atoms with van der Waals surface area (Å²) in [6.45, 7) is -0.250. The first-order chi connectivity index (χ1) is 7.48. The maximum absolute atomic E-state index is 12.0. The van der Waals surface area contributed by atoms with E-state index in [2.05, 4.69) is 5.32 Å². The van der Waals surface area contributed by atoms with Crippen LogP contribution in [0.4, 0.5) is 5.69 Å². The molecule has 1 aromatic rings. The number of fused-ring (bicyclic) bond motifs is 1. The third kappa shape index (κ3) is 1.50. The lowest BCUT2D eigenvalue weighted by atomic mass is 10.3. The van der Waals surface area contributed by atoms with E-state index in [4.69, 9.17) is 17.3 Å². The molecule has 1 aromatic carbocycles. The van der Waals surface area contributed by atoms with Crippen molar-refractivity contribution in [1.29, 1.82) is 0 Å². The first kappa shape index (κ1) is 11.4. The van der Waals surface area contributed by atoms with E-state index in [0.29, 0.717) is 0 Å². The SMILES string of the molecule is NCC1C(=O)Nc2c(Cl)cccc2S1(=O)=O. The minimum absolute atomic E-state index is 0.0232. The Kier molecular flexibility index (Phi) is 2.65. The molecule has 0 spiro atoms. The van der Waals surface area contributed by atoms with Crippen LogP contribution in [0.3, 0.4) is 0 Å². The van der Waals surface area contributed by atoms with Crippen molar-refractivity contribution in [3.8, 4) is 0 Å². The number of carbonyl (C=O) groups is 1. The maximum Gasteiger partial charge on any atom is 0.244 e. The summed E-state index contributed by atoms with van der Waals surface area (Å²) in [5.74, 6) is -0.636. The molecule has 0 saturated carbocycles. The van der Waals surface area contributed by atoms with Gasteiger partial charge in [0.05, 0.1) is 15.6 Å². The summed E-state index contributed by atoms with van der Waals surface area (Å²) in [5, 5.41) is 1.42. The van der Waals surface area contributed by atoms with E-state index in [1.807, 2.05) is 0 Å². The molecule has 0 bridgehead atoms. The number of sulfone groups is 1. The average molecular weight is 261 g/mol. The third-order valence-corrected chi connectivity index (χ3v) is 4.84. The molecule has 1 aliphatic rings. The van der Waals surface area contributed by atoms with Gasteiger partial charge in [0, 0.05) is 6.54 Å². The molecule has 1 amide bonds. The van der Waals surface area contributed by atoms with Gasteiger partial charge in [-0.3, -0.25) is 4.79 Å². The van der Waals surface area contributed by atoms with E-state index in [9.17, 15) is 13.2 Å². The van der Waals surface area contributed by atoms with Gasteiger partial charge in [-0.25, -0.2) is 8.42 Å². The minimum Gasteiger partial charge on any atom is -0.329 e. The number of nitrogens with one attached hydrogen (secondary N) is 1. The van der Waals surface area contributed by atoms with Crippen LogP contribution in [0.15, 0.2) is 23.1 Å². The van der Waals surface area contributed by atoms with Gasteiger partial charge in [0.2, 0.25) is 5.91 Å². The molecule has 0 saturated heterocycles. The zero-order valence-corrected chi connectivity index (χ0v) is 9.68. The number of rotatable bonds is 1. The second kappa shape index (κ2) is 3.73. The Morgan fingerprint density at radius 1 is 1.44 bits per heavy atom. The summed E-state index contributed by atoms with van der Waals surface area (Å²) < 4.78 is 24.0. The number of anilines is 1. The van der Waals surface area contributed by atoms with Crippen LogP contribution in [0.5, 0.6) is 0 Å². The summed E-state index contributed by atoms with van der Waals surface area (Å²) in [7, 11) is -3.73. The molecule has 1 unspecified atom stereocenters. The summed E-state index contributed by atoms with van der Waals surface area (Å²) in [4.78, 5) is 11.6. The third-order valence-electron chi connectivity index (χ3n) is 2.41. The Bertz CT molecular complexity index is 556. The van der Waals surface area contributed by atoms with Crippen molar-refractivity contribution in [3.05, 3.63) is 23.2 Å². The molecule has 5 nitrogen and oxygen atoms in total. The van der Waals surface area contributed by atoms with E-state index in [0.717, 1.165) is 0 Å². The standard InChI is InChI=1S/C9H9ClN2O3S/c10-5-2-1-3-6-8(5)12-9(13)7(4-11)16(6,14)15/h1-3,7H,4,11H2,(H,12,13). The smallest absolute Gasteiger partial charge is 0.244 e.